The highest BCUT2D eigenvalue weighted by Gasteiger charge is 2.31. The maximum atomic E-state index is 12.4. The van der Waals surface area contributed by atoms with Gasteiger partial charge in [-0.2, -0.15) is 0 Å². The Morgan fingerprint density at radius 1 is 1.30 bits per heavy atom. The smallest absolute Gasteiger partial charge is 0.272 e. The van der Waals surface area contributed by atoms with Gasteiger partial charge in [0, 0.05) is 19.8 Å². The number of nitrogens with zero attached hydrogens (tertiary/aromatic N) is 2. The third-order valence-electron chi connectivity index (χ3n) is 4.20. The lowest BCUT2D eigenvalue weighted by Crippen LogP contribution is -2.43. The number of nitrogens with two attached hydrogens (primary N) is 1. The summed E-state index contributed by atoms with van der Waals surface area (Å²) in [5, 5.41) is 15.7. The van der Waals surface area contributed by atoms with Gasteiger partial charge in [0.2, 0.25) is 10.0 Å². The van der Waals surface area contributed by atoms with Gasteiger partial charge < -0.3 is 10.0 Å². The molecule has 0 aromatic carbocycles. The fourth-order valence-electron chi connectivity index (χ4n) is 2.93. The molecule has 0 aliphatic heterocycles. The molecule has 8 heteroatoms. The van der Waals surface area contributed by atoms with Crippen molar-refractivity contribution in [1.82, 2.24) is 9.88 Å². The molecule has 0 atom stereocenters. The van der Waals surface area contributed by atoms with E-state index in [-0.39, 0.29) is 23.0 Å². The Balaban J connectivity index is 2.07. The summed E-state index contributed by atoms with van der Waals surface area (Å²) in [6.45, 7) is 0.241. The maximum absolute atomic E-state index is 12.4. The summed E-state index contributed by atoms with van der Waals surface area (Å²) in [4.78, 5) is 17.5. The van der Waals surface area contributed by atoms with Gasteiger partial charge in [-0.25, -0.2) is 18.5 Å². The van der Waals surface area contributed by atoms with Crippen LogP contribution in [0.15, 0.2) is 23.2 Å². The third-order valence-corrected chi connectivity index (χ3v) is 5.10. The molecule has 23 heavy (non-hydrogen) atoms. The molecule has 1 aromatic heterocycles. The molecule has 2 rings (SSSR count). The lowest BCUT2D eigenvalue weighted by molar-refractivity contribution is -0.00153. The first-order valence-electron chi connectivity index (χ1n) is 7.68. The molecule has 1 aromatic rings. The minimum absolute atomic E-state index is 0.122. The number of carbonyl (C=O) groups excluding carboxylic acids is 1. The van der Waals surface area contributed by atoms with Crippen LogP contribution in [-0.2, 0) is 10.0 Å². The van der Waals surface area contributed by atoms with E-state index in [2.05, 4.69) is 4.98 Å². The molecule has 3 N–H and O–H groups in total. The molecule has 1 amide bonds. The van der Waals surface area contributed by atoms with E-state index in [1.807, 2.05) is 0 Å². The quantitative estimate of drug-likeness (QED) is 0.789. The molecular weight excluding hydrogens is 318 g/mol. The molecule has 0 saturated heterocycles. The molecule has 1 aliphatic rings. The van der Waals surface area contributed by atoms with Gasteiger partial charge in [0.25, 0.3) is 5.91 Å². The predicted molar refractivity (Wildman–Crippen MR) is 85.2 cm³/mol. The number of sulfonamides is 1. The highest BCUT2D eigenvalue weighted by atomic mass is 32.2. The zero-order chi connectivity index (χ0) is 17.1. The van der Waals surface area contributed by atoms with Crippen LogP contribution in [0, 0.1) is 0 Å². The number of hydrogen-bond donors (Lipinski definition) is 2. The van der Waals surface area contributed by atoms with Gasteiger partial charge in [-0.1, -0.05) is 25.7 Å². The van der Waals surface area contributed by atoms with Crippen molar-refractivity contribution in [3.63, 3.8) is 0 Å². The largest absolute Gasteiger partial charge is 0.388 e. The maximum Gasteiger partial charge on any atom is 0.272 e. The molecule has 0 spiro atoms. The van der Waals surface area contributed by atoms with Crippen LogP contribution in [0.4, 0.5) is 0 Å². The van der Waals surface area contributed by atoms with Gasteiger partial charge in [-0.3, -0.25) is 4.79 Å². The monoisotopic (exact) mass is 341 g/mol. The predicted octanol–water partition coefficient (Wildman–Crippen LogP) is 0.886. The molecule has 1 aliphatic carbocycles. The van der Waals surface area contributed by atoms with Crippen LogP contribution >= 0.6 is 0 Å². The average molecular weight is 341 g/mol. The number of aromatic nitrogens is 1. The van der Waals surface area contributed by atoms with Gasteiger partial charge >= 0.3 is 0 Å². The average Bonchev–Trinajstić information content (AvgIpc) is 2.70. The fraction of sp³-hybridized carbons (Fsp3) is 0.600. The van der Waals surface area contributed by atoms with E-state index in [0.717, 1.165) is 31.9 Å². The summed E-state index contributed by atoms with van der Waals surface area (Å²) >= 11 is 0. The van der Waals surface area contributed by atoms with Crippen molar-refractivity contribution in [2.75, 3.05) is 13.6 Å². The van der Waals surface area contributed by atoms with Crippen LogP contribution in [0.3, 0.4) is 0 Å². The first-order valence-corrected chi connectivity index (χ1v) is 9.23. The SMILES string of the molecule is CN(CC1(O)CCCCCC1)C(=O)c1ccc(S(N)(=O)=O)cn1. The van der Waals surface area contributed by atoms with E-state index in [9.17, 15) is 18.3 Å². The summed E-state index contributed by atoms with van der Waals surface area (Å²) in [5.74, 6) is -0.358. The second kappa shape index (κ2) is 6.94. The molecule has 1 saturated carbocycles. The summed E-state index contributed by atoms with van der Waals surface area (Å²) in [5.41, 5.74) is -0.737. The van der Waals surface area contributed by atoms with Crippen molar-refractivity contribution >= 4 is 15.9 Å². The number of primary sulfonamides is 1. The second-order valence-corrected chi connectivity index (χ2v) is 7.79. The Hall–Kier alpha value is -1.51. The minimum Gasteiger partial charge on any atom is -0.388 e. The van der Waals surface area contributed by atoms with Crippen LogP contribution in [0.2, 0.25) is 0 Å². The molecular formula is C15H23N3O4S. The summed E-state index contributed by atoms with van der Waals surface area (Å²) in [6, 6.07) is 2.58. The van der Waals surface area contributed by atoms with E-state index >= 15 is 0 Å². The Kier molecular flexibility index (Phi) is 5.38. The van der Waals surface area contributed by atoms with Crippen LogP contribution in [0.1, 0.15) is 49.0 Å². The van der Waals surface area contributed by atoms with E-state index in [1.165, 1.54) is 17.0 Å². The lowest BCUT2D eigenvalue weighted by Gasteiger charge is -2.31. The number of hydrogen-bond acceptors (Lipinski definition) is 5. The number of likely N-dealkylation sites (N-methyl/N-ethyl adjacent to an activating group) is 1. The molecule has 0 bridgehead atoms. The van der Waals surface area contributed by atoms with Crippen molar-refractivity contribution in [1.29, 1.82) is 0 Å². The Labute approximate surface area is 136 Å². The van der Waals surface area contributed by atoms with Crippen LogP contribution in [0.25, 0.3) is 0 Å². The Morgan fingerprint density at radius 3 is 2.39 bits per heavy atom. The summed E-state index contributed by atoms with van der Waals surface area (Å²) < 4.78 is 22.4. The normalized spacial score (nSPS) is 18.2. The highest BCUT2D eigenvalue weighted by Crippen LogP contribution is 2.27. The van der Waals surface area contributed by atoms with E-state index in [1.54, 1.807) is 7.05 Å². The number of rotatable bonds is 4. The zero-order valence-electron chi connectivity index (χ0n) is 13.2. The molecule has 1 heterocycles. The zero-order valence-corrected chi connectivity index (χ0v) is 14.1. The summed E-state index contributed by atoms with van der Waals surface area (Å²) in [6.07, 6.45) is 6.56. The highest BCUT2D eigenvalue weighted by molar-refractivity contribution is 7.89. The van der Waals surface area contributed by atoms with Gasteiger partial charge in [-0.15, -0.1) is 0 Å². The third kappa shape index (κ3) is 4.73. The van der Waals surface area contributed by atoms with E-state index < -0.39 is 15.6 Å². The van der Waals surface area contributed by atoms with Crippen LogP contribution in [-0.4, -0.2) is 48.5 Å². The second-order valence-electron chi connectivity index (χ2n) is 6.22. The van der Waals surface area contributed by atoms with Crippen molar-refractivity contribution in [3.8, 4) is 0 Å². The number of pyridine rings is 1. The topological polar surface area (TPSA) is 114 Å². The van der Waals surface area contributed by atoms with Crippen molar-refractivity contribution in [3.05, 3.63) is 24.0 Å². The molecule has 0 radical (unpaired) electrons. The first-order chi connectivity index (χ1) is 10.7. The van der Waals surface area contributed by atoms with Crippen molar-refractivity contribution in [2.45, 2.75) is 49.0 Å². The van der Waals surface area contributed by atoms with E-state index in [4.69, 9.17) is 5.14 Å². The fourth-order valence-corrected chi connectivity index (χ4v) is 3.39. The number of aliphatic hydroxyl groups is 1. The van der Waals surface area contributed by atoms with Crippen molar-refractivity contribution in [2.24, 2.45) is 5.14 Å². The molecule has 0 unspecified atom stereocenters. The van der Waals surface area contributed by atoms with Crippen LogP contribution < -0.4 is 5.14 Å². The molecule has 128 valence electrons. The van der Waals surface area contributed by atoms with Gasteiger partial charge in [0.05, 0.1) is 5.60 Å². The summed E-state index contributed by atoms with van der Waals surface area (Å²) in [7, 11) is -2.22. The first kappa shape index (κ1) is 17.8. The lowest BCUT2D eigenvalue weighted by atomic mass is 9.94. The van der Waals surface area contributed by atoms with Crippen LogP contribution in [0.5, 0.6) is 0 Å². The Morgan fingerprint density at radius 2 is 1.91 bits per heavy atom. The minimum atomic E-state index is -3.83. The standard InChI is InChI=1S/C15H23N3O4S/c1-18(11-15(20)8-4-2-3-5-9-15)14(19)13-7-6-12(10-17-13)23(16,21)22/h6-7,10,20H,2-5,8-9,11H2,1H3,(H2,16,21,22). The van der Waals surface area contributed by atoms with Gasteiger partial charge in [-0.05, 0) is 25.0 Å². The molecule has 7 nitrogen and oxygen atoms in total. The van der Waals surface area contributed by atoms with E-state index in [0.29, 0.717) is 12.8 Å². The van der Waals surface area contributed by atoms with Gasteiger partial charge in [0.1, 0.15) is 10.6 Å². The Bertz CT molecular complexity index is 650. The number of carbonyl (C=O) groups is 1. The van der Waals surface area contributed by atoms with Gasteiger partial charge in [0.15, 0.2) is 0 Å². The molecule has 1 fully saturated rings. The number of amides is 1. The van der Waals surface area contributed by atoms with Crippen molar-refractivity contribution < 1.29 is 18.3 Å².